The monoisotopic (exact) mass is 244 g/mol. The third-order valence-electron chi connectivity index (χ3n) is 2.48. The minimum atomic E-state index is -1.02. The van der Waals surface area contributed by atoms with Crippen molar-refractivity contribution in [3.8, 4) is 0 Å². The average molecular weight is 245 g/mol. The topological polar surface area (TPSA) is 42.0 Å². The summed E-state index contributed by atoms with van der Waals surface area (Å²) in [5.74, 6) is 0. The van der Waals surface area contributed by atoms with E-state index in [-0.39, 0.29) is 5.25 Å². The van der Waals surface area contributed by atoms with Gasteiger partial charge in [0, 0.05) is 5.25 Å². The minimum absolute atomic E-state index is 0.220. The van der Waals surface area contributed by atoms with E-state index in [2.05, 4.69) is 10.3 Å². The van der Waals surface area contributed by atoms with Gasteiger partial charge in [-0.05, 0) is 38.1 Å². The van der Waals surface area contributed by atoms with E-state index in [0.717, 1.165) is 25.9 Å². The summed E-state index contributed by atoms with van der Waals surface area (Å²) < 4.78 is 12.1. The Hall–Kier alpha value is -0.450. The van der Waals surface area contributed by atoms with Crippen LogP contribution in [-0.4, -0.2) is 27.5 Å². The van der Waals surface area contributed by atoms with E-state index in [0.29, 0.717) is 10.2 Å². The number of rotatable bonds is 2. The molecule has 1 aromatic rings. The standard InChI is InChI=1S/C10H13ClN2OS/c11-9-2-1-3-10(13-9)15(14)8-4-6-12-7-5-8/h1-3,8,12H,4-7H2. The molecule has 0 aromatic carbocycles. The number of halogens is 1. The van der Waals surface area contributed by atoms with Gasteiger partial charge in [0.2, 0.25) is 0 Å². The van der Waals surface area contributed by atoms with Gasteiger partial charge >= 0.3 is 0 Å². The molecule has 1 aliphatic rings. The van der Waals surface area contributed by atoms with Crippen molar-refractivity contribution in [2.24, 2.45) is 0 Å². The van der Waals surface area contributed by atoms with Crippen LogP contribution in [0.2, 0.25) is 5.15 Å². The highest BCUT2D eigenvalue weighted by molar-refractivity contribution is 7.85. The summed E-state index contributed by atoms with van der Waals surface area (Å²) in [5, 5.41) is 4.49. The van der Waals surface area contributed by atoms with Gasteiger partial charge in [-0.3, -0.25) is 4.21 Å². The fourth-order valence-corrected chi connectivity index (χ4v) is 3.30. The molecular formula is C10H13ClN2OS. The first-order valence-electron chi connectivity index (χ1n) is 5.01. The Kier molecular flexibility index (Phi) is 3.72. The van der Waals surface area contributed by atoms with Crippen molar-refractivity contribution in [2.45, 2.75) is 23.1 Å². The first kappa shape index (κ1) is 11.0. The normalized spacial score (nSPS) is 20.1. The quantitative estimate of drug-likeness (QED) is 0.804. The summed E-state index contributed by atoms with van der Waals surface area (Å²) in [6, 6.07) is 5.28. The maximum absolute atomic E-state index is 12.1. The van der Waals surface area contributed by atoms with Crippen LogP contribution >= 0.6 is 11.6 Å². The van der Waals surface area contributed by atoms with E-state index in [4.69, 9.17) is 11.6 Å². The lowest BCUT2D eigenvalue weighted by Gasteiger charge is -2.21. The zero-order chi connectivity index (χ0) is 10.7. The Bertz CT molecular complexity index is 366. The first-order chi connectivity index (χ1) is 7.27. The first-order valence-corrected chi connectivity index (χ1v) is 6.60. The average Bonchev–Trinajstić information content (AvgIpc) is 2.29. The number of piperidine rings is 1. The lowest BCUT2D eigenvalue weighted by Crippen LogP contribution is -2.33. The molecule has 1 aromatic heterocycles. The maximum Gasteiger partial charge on any atom is 0.130 e. The fraction of sp³-hybridized carbons (Fsp3) is 0.500. The Morgan fingerprint density at radius 3 is 2.80 bits per heavy atom. The second kappa shape index (κ2) is 5.05. The van der Waals surface area contributed by atoms with Crippen LogP contribution in [0.5, 0.6) is 0 Å². The summed E-state index contributed by atoms with van der Waals surface area (Å²) >= 11 is 5.77. The highest BCUT2D eigenvalue weighted by atomic mass is 35.5. The van der Waals surface area contributed by atoms with Crippen LogP contribution in [0.15, 0.2) is 23.2 Å². The molecule has 0 spiro atoms. The largest absolute Gasteiger partial charge is 0.317 e. The predicted molar refractivity (Wildman–Crippen MR) is 61.5 cm³/mol. The number of hydrogen-bond donors (Lipinski definition) is 1. The third kappa shape index (κ3) is 2.77. The molecule has 0 bridgehead atoms. The molecule has 15 heavy (non-hydrogen) atoms. The van der Waals surface area contributed by atoms with Crippen molar-refractivity contribution in [3.63, 3.8) is 0 Å². The van der Waals surface area contributed by atoms with Crippen molar-refractivity contribution in [3.05, 3.63) is 23.4 Å². The molecule has 0 saturated carbocycles. The number of pyridine rings is 1. The molecule has 3 nitrogen and oxygen atoms in total. The van der Waals surface area contributed by atoms with E-state index in [1.54, 1.807) is 18.2 Å². The second-order valence-electron chi connectivity index (χ2n) is 3.55. The van der Waals surface area contributed by atoms with Crippen molar-refractivity contribution in [1.29, 1.82) is 0 Å². The lowest BCUT2D eigenvalue weighted by atomic mass is 10.2. The van der Waals surface area contributed by atoms with Crippen LogP contribution in [0.3, 0.4) is 0 Å². The zero-order valence-corrected chi connectivity index (χ0v) is 9.85. The summed E-state index contributed by atoms with van der Waals surface area (Å²) in [6.45, 7) is 1.88. The maximum atomic E-state index is 12.1. The number of aromatic nitrogens is 1. The molecule has 2 rings (SSSR count). The van der Waals surface area contributed by atoms with E-state index in [1.807, 2.05) is 0 Å². The van der Waals surface area contributed by atoms with Gasteiger partial charge in [-0.2, -0.15) is 0 Å². The third-order valence-corrected chi connectivity index (χ3v) is 4.41. The summed E-state index contributed by atoms with van der Waals surface area (Å²) in [4.78, 5) is 4.09. The summed E-state index contributed by atoms with van der Waals surface area (Å²) in [6.07, 6.45) is 1.89. The molecule has 1 saturated heterocycles. The van der Waals surface area contributed by atoms with Crippen molar-refractivity contribution >= 4 is 22.4 Å². The second-order valence-corrected chi connectivity index (χ2v) is 5.61. The molecule has 1 fully saturated rings. The van der Waals surface area contributed by atoms with Gasteiger partial charge in [-0.1, -0.05) is 17.7 Å². The van der Waals surface area contributed by atoms with Gasteiger partial charge in [-0.25, -0.2) is 4.98 Å². The zero-order valence-electron chi connectivity index (χ0n) is 8.28. The highest BCUT2D eigenvalue weighted by Crippen LogP contribution is 2.17. The molecule has 0 amide bonds. The Morgan fingerprint density at radius 1 is 1.40 bits per heavy atom. The molecule has 1 unspecified atom stereocenters. The van der Waals surface area contributed by atoms with Crippen LogP contribution in [0.4, 0.5) is 0 Å². The molecule has 2 heterocycles. The predicted octanol–water partition coefficient (Wildman–Crippen LogP) is 1.59. The van der Waals surface area contributed by atoms with E-state index >= 15 is 0 Å². The molecule has 0 aliphatic carbocycles. The number of hydrogen-bond acceptors (Lipinski definition) is 3. The Labute approximate surface area is 96.7 Å². The van der Waals surface area contributed by atoms with E-state index in [9.17, 15) is 4.21 Å². The van der Waals surface area contributed by atoms with Crippen LogP contribution in [0.1, 0.15) is 12.8 Å². The molecule has 82 valence electrons. The molecule has 1 aliphatic heterocycles. The summed E-state index contributed by atoms with van der Waals surface area (Å²) in [5.41, 5.74) is 0. The summed E-state index contributed by atoms with van der Waals surface area (Å²) in [7, 11) is -1.02. The van der Waals surface area contributed by atoms with Gasteiger partial charge in [0.05, 0.1) is 10.8 Å². The van der Waals surface area contributed by atoms with Crippen LogP contribution < -0.4 is 5.32 Å². The van der Waals surface area contributed by atoms with Gasteiger partial charge in [0.15, 0.2) is 0 Å². The van der Waals surface area contributed by atoms with Gasteiger partial charge < -0.3 is 5.32 Å². The van der Waals surface area contributed by atoms with Crippen molar-refractivity contribution in [2.75, 3.05) is 13.1 Å². The lowest BCUT2D eigenvalue weighted by molar-refractivity contribution is 0.519. The smallest absolute Gasteiger partial charge is 0.130 e. The SMILES string of the molecule is O=S(c1cccc(Cl)n1)C1CCNCC1. The molecule has 5 heteroatoms. The fourth-order valence-electron chi connectivity index (χ4n) is 1.68. The van der Waals surface area contributed by atoms with Gasteiger partial charge in [0.25, 0.3) is 0 Å². The van der Waals surface area contributed by atoms with Crippen LogP contribution in [0.25, 0.3) is 0 Å². The van der Waals surface area contributed by atoms with Gasteiger partial charge in [0.1, 0.15) is 10.2 Å². The van der Waals surface area contributed by atoms with Gasteiger partial charge in [-0.15, -0.1) is 0 Å². The molecule has 1 N–H and O–H groups in total. The van der Waals surface area contributed by atoms with Crippen molar-refractivity contribution in [1.82, 2.24) is 10.3 Å². The Balaban J connectivity index is 2.12. The van der Waals surface area contributed by atoms with E-state index < -0.39 is 10.8 Å². The highest BCUT2D eigenvalue weighted by Gasteiger charge is 2.21. The molecular weight excluding hydrogens is 232 g/mol. The van der Waals surface area contributed by atoms with Crippen LogP contribution in [0, 0.1) is 0 Å². The minimum Gasteiger partial charge on any atom is -0.317 e. The Morgan fingerprint density at radius 2 is 2.13 bits per heavy atom. The number of nitrogens with one attached hydrogen (secondary N) is 1. The van der Waals surface area contributed by atoms with Crippen LogP contribution in [-0.2, 0) is 10.8 Å². The van der Waals surface area contributed by atoms with E-state index in [1.165, 1.54) is 0 Å². The van der Waals surface area contributed by atoms with Crippen molar-refractivity contribution < 1.29 is 4.21 Å². The number of nitrogens with zero attached hydrogens (tertiary/aromatic N) is 1. The molecule has 1 atom stereocenters. The molecule has 0 radical (unpaired) electrons.